The van der Waals surface area contributed by atoms with E-state index < -0.39 is 23.8 Å². The van der Waals surface area contributed by atoms with Crippen molar-refractivity contribution < 1.29 is 24.3 Å². The highest BCUT2D eigenvalue weighted by molar-refractivity contribution is 5.89. The molecule has 0 aromatic rings. The molecule has 2 saturated heterocycles. The lowest BCUT2D eigenvalue weighted by atomic mass is 9.82. The van der Waals surface area contributed by atoms with Crippen LogP contribution >= 0.6 is 0 Å². The molecule has 1 amide bonds. The van der Waals surface area contributed by atoms with Crippen LogP contribution in [0.2, 0.25) is 0 Å². The Kier molecular flexibility index (Phi) is 4.40. The van der Waals surface area contributed by atoms with Crippen molar-refractivity contribution >= 4 is 18.0 Å². The van der Waals surface area contributed by atoms with E-state index in [0.717, 1.165) is 17.9 Å². The first-order chi connectivity index (χ1) is 14.8. The molecule has 0 aromatic carbocycles. The molecular formula is C20H26N6O5. The van der Waals surface area contributed by atoms with Gasteiger partial charge in [-0.25, -0.2) is 19.6 Å². The summed E-state index contributed by atoms with van der Waals surface area (Å²) in [5.74, 6) is 0.183. The summed E-state index contributed by atoms with van der Waals surface area (Å²) in [6.45, 7) is 4.10. The SMILES string of the molecule is C=C1NC2[C@H](COC(N)=O)N=C(N)N3C[C@H](OC(=O)C4=CC=CCC4)C4CC4C23N1O. The zero-order valence-corrected chi connectivity index (χ0v) is 16.9. The summed E-state index contributed by atoms with van der Waals surface area (Å²) < 4.78 is 10.9. The Labute approximate surface area is 179 Å². The van der Waals surface area contributed by atoms with Gasteiger partial charge in [-0.3, -0.25) is 5.21 Å². The minimum atomic E-state index is -0.949. The molecule has 11 nitrogen and oxygen atoms in total. The number of ether oxygens (including phenoxy) is 2. The number of rotatable bonds is 4. The molecule has 2 aliphatic carbocycles. The largest absolute Gasteiger partial charge is 0.457 e. The Morgan fingerprint density at radius 3 is 2.97 bits per heavy atom. The number of amides is 1. The Balaban J connectivity index is 1.43. The molecule has 3 heterocycles. The summed E-state index contributed by atoms with van der Waals surface area (Å²) >= 11 is 0. The molecular weight excluding hydrogens is 404 g/mol. The molecule has 6 atom stereocenters. The zero-order chi connectivity index (χ0) is 21.9. The number of nitrogens with two attached hydrogens (primary N) is 2. The lowest BCUT2D eigenvalue weighted by Gasteiger charge is -2.54. The van der Waals surface area contributed by atoms with Crippen LogP contribution in [-0.2, 0) is 14.3 Å². The molecule has 4 unspecified atom stereocenters. The Hall–Kier alpha value is -3.21. The van der Waals surface area contributed by atoms with Gasteiger partial charge in [0.25, 0.3) is 0 Å². The summed E-state index contributed by atoms with van der Waals surface area (Å²) in [5, 5.41) is 15.3. The second-order valence-corrected chi connectivity index (χ2v) is 8.57. The summed E-state index contributed by atoms with van der Waals surface area (Å²) in [4.78, 5) is 30.1. The lowest BCUT2D eigenvalue weighted by Crippen LogP contribution is -2.75. The normalized spacial score (nSPS) is 37.6. The first-order valence-electron chi connectivity index (χ1n) is 10.4. The fourth-order valence-electron chi connectivity index (χ4n) is 5.52. The highest BCUT2D eigenvalue weighted by atomic mass is 16.6. The van der Waals surface area contributed by atoms with Crippen molar-refractivity contribution in [2.24, 2.45) is 28.3 Å². The van der Waals surface area contributed by atoms with Gasteiger partial charge in [0.2, 0.25) is 0 Å². The monoisotopic (exact) mass is 430 g/mol. The van der Waals surface area contributed by atoms with E-state index in [2.05, 4.69) is 16.9 Å². The van der Waals surface area contributed by atoms with Crippen LogP contribution in [0, 0.1) is 11.8 Å². The molecule has 6 N–H and O–H groups in total. The van der Waals surface area contributed by atoms with E-state index in [4.69, 9.17) is 20.9 Å². The second kappa shape index (κ2) is 6.91. The molecule has 5 rings (SSSR count). The van der Waals surface area contributed by atoms with Crippen molar-refractivity contribution in [3.05, 3.63) is 36.2 Å². The average Bonchev–Trinajstić information content (AvgIpc) is 3.52. The third-order valence-electron chi connectivity index (χ3n) is 6.92. The van der Waals surface area contributed by atoms with Crippen molar-refractivity contribution in [1.82, 2.24) is 15.3 Å². The van der Waals surface area contributed by atoms with Crippen LogP contribution in [0.3, 0.4) is 0 Å². The highest BCUT2D eigenvalue weighted by Gasteiger charge is 2.74. The Morgan fingerprint density at radius 1 is 1.45 bits per heavy atom. The standard InChI is InChI=1S/C20H26N6O5/c1-10-23-16-14(9-30-19(22)28)24-18(21)25-8-15(12-7-13(12)20(16,25)26(10)29)31-17(27)11-5-3-2-4-6-11/h2-3,5,12-16,23,29H,1,4,6-9H2,(H2,21,24)(H2,22,28)/t12?,13?,14-,15-,16?,20?/m0/s1. The van der Waals surface area contributed by atoms with Crippen LogP contribution in [0.25, 0.3) is 0 Å². The highest BCUT2D eigenvalue weighted by Crippen LogP contribution is 2.60. The molecule has 166 valence electrons. The van der Waals surface area contributed by atoms with E-state index in [-0.39, 0.29) is 43.0 Å². The molecule has 5 aliphatic rings. The number of piperidine rings is 1. The first kappa shape index (κ1) is 19.7. The molecule has 31 heavy (non-hydrogen) atoms. The van der Waals surface area contributed by atoms with Crippen LogP contribution < -0.4 is 16.8 Å². The predicted octanol–water partition coefficient (Wildman–Crippen LogP) is -0.251. The quantitative estimate of drug-likeness (QED) is 0.442. The van der Waals surface area contributed by atoms with Gasteiger partial charge in [-0.05, 0) is 19.3 Å². The number of aliphatic imine (C=N–C) groups is 1. The number of hydrogen-bond acceptors (Lipinski definition) is 10. The van der Waals surface area contributed by atoms with Gasteiger partial charge < -0.3 is 31.2 Å². The van der Waals surface area contributed by atoms with Crippen LogP contribution in [0.1, 0.15) is 19.3 Å². The topological polar surface area (TPSA) is 156 Å². The Bertz CT molecular complexity index is 931. The van der Waals surface area contributed by atoms with Gasteiger partial charge in [-0.2, -0.15) is 0 Å². The first-order valence-corrected chi connectivity index (χ1v) is 10.4. The van der Waals surface area contributed by atoms with Crippen molar-refractivity contribution in [2.75, 3.05) is 13.2 Å². The lowest BCUT2D eigenvalue weighted by molar-refractivity contribution is -0.211. The predicted molar refractivity (Wildman–Crippen MR) is 108 cm³/mol. The fourth-order valence-corrected chi connectivity index (χ4v) is 5.52. The number of guanidine groups is 1. The molecule has 3 aliphatic heterocycles. The second-order valence-electron chi connectivity index (χ2n) is 8.57. The zero-order valence-electron chi connectivity index (χ0n) is 16.9. The van der Waals surface area contributed by atoms with Gasteiger partial charge in [-0.1, -0.05) is 24.8 Å². The summed E-state index contributed by atoms with van der Waals surface area (Å²) in [5.41, 5.74) is 11.1. The van der Waals surface area contributed by atoms with Crippen LogP contribution in [-0.4, -0.2) is 70.2 Å². The van der Waals surface area contributed by atoms with Crippen molar-refractivity contribution in [2.45, 2.75) is 43.1 Å². The molecule has 3 fully saturated rings. The number of primary amides is 1. The van der Waals surface area contributed by atoms with E-state index >= 15 is 0 Å². The van der Waals surface area contributed by atoms with Crippen molar-refractivity contribution in [3.8, 4) is 0 Å². The number of hydrogen-bond donors (Lipinski definition) is 4. The summed E-state index contributed by atoms with van der Waals surface area (Å²) in [6.07, 6.45) is 6.60. The number of allylic oxidation sites excluding steroid dienone is 3. The van der Waals surface area contributed by atoms with E-state index in [1.807, 2.05) is 12.2 Å². The fraction of sp³-hybridized carbons (Fsp3) is 0.550. The smallest absolute Gasteiger partial charge is 0.404 e. The van der Waals surface area contributed by atoms with Crippen LogP contribution in [0.5, 0.6) is 0 Å². The molecule has 0 aromatic heterocycles. The molecule has 1 spiro atoms. The third-order valence-corrected chi connectivity index (χ3v) is 6.92. The molecule has 0 radical (unpaired) electrons. The van der Waals surface area contributed by atoms with Gasteiger partial charge in [0.15, 0.2) is 11.6 Å². The number of carbonyl (C=O) groups excluding carboxylic acids is 2. The number of fused-ring (bicyclic) bond motifs is 1. The van der Waals surface area contributed by atoms with Gasteiger partial charge >= 0.3 is 12.1 Å². The maximum absolute atomic E-state index is 12.7. The summed E-state index contributed by atoms with van der Waals surface area (Å²) in [6, 6.07) is -0.994. The summed E-state index contributed by atoms with van der Waals surface area (Å²) in [7, 11) is 0. The average molecular weight is 430 g/mol. The van der Waals surface area contributed by atoms with Gasteiger partial charge in [0.1, 0.15) is 24.6 Å². The minimum Gasteiger partial charge on any atom is -0.457 e. The number of hydroxylamine groups is 2. The minimum absolute atomic E-state index is 0.0499. The van der Waals surface area contributed by atoms with Gasteiger partial charge in [-0.15, -0.1) is 0 Å². The third kappa shape index (κ3) is 2.87. The molecule has 11 heteroatoms. The molecule has 1 saturated carbocycles. The molecule has 0 bridgehead atoms. The van der Waals surface area contributed by atoms with E-state index in [0.29, 0.717) is 17.8 Å². The number of nitrogens with one attached hydrogen (secondary N) is 1. The maximum atomic E-state index is 12.7. The van der Waals surface area contributed by atoms with Gasteiger partial charge in [0, 0.05) is 17.4 Å². The van der Waals surface area contributed by atoms with Crippen molar-refractivity contribution in [3.63, 3.8) is 0 Å². The maximum Gasteiger partial charge on any atom is 0.404 e. The van der Waals surface area contributed by atoms with Crippen LogP contribution in [0.15, 0.2) is 41.2 Å². The number of esters is 1. The van der Waals surface area contributed by atoms with E-state index in [9.17, 15) is 14.8 Å². The van der Waals surface area contributed by atoms with Gasteiger partial charge in [0.05, 0.1) is 12.6 Å². The van der Waals surface area contributed by atoms with Crippen molar-refractivity contribution in [1.29, 1.82) is 0 Å². The Morgan fingerprint density at radius 2 is 2.26 bits per heavy atom. The number of nitrogens with zero attached hydrogens (tertiary/aromatic N) is 3. The van der Waals surface area contributed by atoms with E-state index in [1.165, 1.54) is 0 Å². The number of carbonyl (C=O) groups is 2. The van der Waals surface area contributed by atoms with E-state index in [1.54, 1.807) is 11.0 Å². The van der Waals surface area contributed by atoms with Crippen LogP contribution in [0.4, 0.5) is 4.79 Å².